The summed E-state index contributed by atoms with van der Waals surface area (Å²) >= 11 is 1.46. The van der Waals surface area contributed by atoms with Crippen LogP contribution >= 0.6 is 11.3 Å². The first-order chi connectivity index (χ1) is 13.1. The molecule has 2 heterocycles. The normalized spacial score (nSPS) is 14.7. The van der Waals surface area contributed by atoms with E-state index in [2.05, 4.69) is 23.2 Å². The summed E-state index contributed by atoms with van der Waals surface area (Å²) in [6.07, 6.45) is 6.61. The van der Waals surface area contributed by atoms with Crippen molar-refractivity contribution in [3.63, 3.8) is 0 Å². The van der Waals surface area contributed by atoms with Crippen LogP contribution in [0, 0.1) is 0 Å². The third-order valence-electron chi connectivity index (χ3n) is 5.37. The Morgan fingerprint density at radius 3 is 2.81 bits per heavy atom. The van der Waals surface area contributed by atoms with Crippen LogP contribution in [0.1, 0.15) is 43.4 Å². The predicted molar refractivity (Wildman–Crippen MR) is 107 cm³/mol. The van der Waals surface area contributed by atoms with Crippen LogP contribution in [0.15, 0.2) is 34.7 Å². The van der Waals surface area contributed by atoms with Gasteiger partial charge in [0.15, 0.2) is 0 Å². The van der Waals surface area contributed by atoms with Gasteiger partial charge < -0.3 is 4.74 Å². The van der Waals surface area contributed by atoms with Crippen LogP contribution in [-0.2, 0) is 22.4 Å². The van der Waals surface area contributed by atoms with Gasteiger partial charge in [-0.1, -0.05) is 25.1 Å². The summed E-state index contributed by atoms with van der Waals surface area (Å²) in [6.45, 7) is 1.86. The second kappa shape index (κ2) is 7.27. The first kappa shape index (κ1) is 17.9. The maximum Gasteiger partial charge on any atom is 0.329 e. The highest BCUT2D eigenvalue weighted by Gasteiger charge is 2.23. The van der Waals surface area contributed by atoms with E-state index in [0.717, 1.165) is 24.0 Å². The molecule has 140 valence electrons. The van der Waals surface area contributed by atoms with Gasteiger partial charge in [0.2, 0.25) is 0 Å². The molecule has 0 amide bonds. The first-order valence-electron chi connectivity index (χ1n) is 9.32. The molecule has 1 aromatic carbocycles. The maximum absolute atomic E-state index is 13.2. The second-order valence-electron chi connectivity index (χ2n) is 6.92. The summed E-state index contributed by atoms with van der Waals surface area (Å²) in [5.74, 6) is -0.425. The highest BCUT2D eigenvalue weighted by atomic mass is 32.1. The number of rotatable bonds is 4. The van der Waals surface area contributed by atoms with Gasteiger partial charge in [0, 0.05) is 10.9 Å². The van der Waals surface area contributed by atoms with E-state index in [0.29, 0.717) is 16.6 Å². The molecule has 0 radical (unpaired) electrons. The smallest absolute Gasteiger partial charge is 0.329 e. The Balaban J connectivity index is 1.87. The Bertz CT molecular complexity index is 1070. The Labute approximate surface area is 161 Å². The zero-order valence-corrected chi connectivity index (χ0v) is 16.3. The highest BCUT2D eigenvalue weighted by Crippen LogP contribution is 2.33. The molecule has 4 rings (SSSR count). The summed E-state index contributed by atoms with van der Waals surface area (Å²) in [5.41, 5.74) is 4.55. The minimum Gasteiger partial charge on any atom is -0.467 e. The van der Waals surface area contributed by atoms with E-state index in [1.165, 1.54) is 53.3 Å². The molecule has 1 aliphatic rings. The van der Waals surface area contributed by atoms with Gasteiger partial charge in [0.25, 0.3) is 5.56 Å². The number of carbonyl (C=O) groups excluding carboxylic acids is 1. The fraction of sp³-hybridized carbons (Fsp3) is 0.381. The van der Waals surface area contributed by atoms with Gasteiger partial charge in [-0.25, -0.2) is 9.78 Å². The molecule has 0 saturated carbocycles. The number of nitrogens with zero attached hydrogens (tertiary/aromatic N) is 2. The molecule has 1 unspecified atom stereocenters. The van der Waals surface area contributed by atoms with E-state index in [1.54, 1.807) is 0 Å². The molecule has 27 heavy (non-hydrogen) atoms. The molecular formula is C21H22N2O3S. The zero-order valence-electron chi connectivity index (χ0n) is 15.5. The second-order valence-corrected chi connectivity index (χ2v) is 7.78. The van der Waals surface area contributed by atoms with Gasteiger partial charge in [-0.15, -0.1) is 11.3 Å². The van der Waals surface area contributed by atoms with Gasteiger partial charge in [-0.3, -0.25) is 9.36 Å². The lowest BCUT2D eigenvalue weighted by Crippen LogP contribution is -2.30. The van der Waals surface area contributed by atoms with Crippen molar-refractivity contribution in [2.75, 3.05) is 7.11 Å². The SMILES string of the molecule is CCC(C(=O)OC)n1cnc2scc(-c3ccc4c(c3)CCCC4)c2c1=O. The number of aromatic nitrogens is 2. The maximum atomic E-state index is 13.2. The molecule has 0 spiro atoms. The standard InChI is InChI=1S/C21H22N2O3S/c1-3-17(21(25)26-2)23-12-22-19-18(20(23)24)16(11-27-19)15-9-8-13-6-4-5-7-14(13)10-15/h8-12,17H,3-7H2,1-2H3. The van der Waals surface area contributed by atoms with Gasteiger partial charge >= 0.3 is 5.97 Å². The molecule has 0 aliphatic heterocycles. The number of hydrogen-bond acceptors (Lipinski definition) is 5. The van der Waals surface area contributed by atoms with Crippen molar-refractivity contribution in [2.24, 2.45) is 0 Å². The van der Waals surface area contributed by atoms with E-state index in [-0.39, 0.29) is 5.56 Å². The van der Waals surface area contributed by atoms with Crippen LogP contribution in [0.25, 0.3) is 21.3 Å². The third kappa shape index (κ3) is 3.08. The van der Waals surface area contributed by atoms with Crippen LogP contribution in [0.2, 0.25) is 0 Å². The number of hydrogen-bond donors (Lipinski definition) is 0. The van der Waals surface area contributed by atoms with Crippen molar-refractivity contribution >= 4 is 27.5 Å². The van der Waals surface area contributed by atoms with Gasteiger partial charge in [-0.2, -0.15) is 0 Å². The fourth-order valence-electron chi connectivity index (χ4n) is 3.89. The summed E-state index contributed by atoms with van der Waals surface area (Å²) in [4.78, 5) is 30.4. The monoisotopic (exact) mass is 382 g/mol. The van der Waals surface area contributed by atoms with Crippen molar-refractivity contribution < 1.29 is 9.53 Å². The molecule has 2 aromatic heterocycles. The Morgan fingerprint density at radius 2 is 2.07 bits per heavy atom. The lowest BCUT2D eigenvalue weighted by molar-refractivity contribution is -0.144. The quantitative estimate of drug-likeness (QED) is 0.637. The molecule has 0 N–H and O–H groups in total. The van der Waals surface area contributed by atoms with Gasteiger partial charge in [-0.05, 0) is 48.8 Å². The van der Waals surface area contributed by atoms with E-state index in [1.807, 2.05) is 12.3 Å². The van der Waals surface area contributed by atoms with E-state index in [4.69, 9.17) is 4.74 Å². The Kier molecular flexibility index (Phi) is 4.83. The number of esters is 1. The van der Waals surface area contributed by atoms with Crippen molar-refractivity contribution in [1.29, 1.82) is 0 Å². The average molecular weight is 382 g/mol. The van der Waals surface area contributed by atoms with Crippen molar-refractivity contribution in [2.45, 2.75) is 45.1 Å². The number of carbonyl (C=O) groups is 1. The number of benzene rings is 1. The largest absolute Gasteiger partial charge is 0.467 e. The minimum absolute atomic E-state index is 0.189. The molecule has 5 nitrogen and oxygen atoms in total. The van der Waals surface area contributed by atoms with E-state index >= 15 is 0 Å². The molecule has 1 atom stereocenters. The number of ether oxygens (including phenoxy) is 1. The van der Waals surface area contributed by atoms with Gasteiger partial charge in [0.05, 0.1) is 18.8 Å². The van der Waals surface area contributed by atoms with Gasteiger partial charge in [0.1, 0.15) is 10.9 Å². The number of aryl methyl sites for hydroxylation is 2. The van der Waals surface area contributed by atoms with Crippen LogP contribution in [0.3, 0.4) is 0 Å². The summed E-state index contributed by atoms with van der Waals surface area (Å²) < 4.78 is 6.27. The number of fused-ring (bicyclic) bond motifs is 2. The molecule has 0 saturated heterocycles. The van der Waals surface area contributed by atoms with E-state index in [9.17, 15) is 9.59 Å². The predicted octanol–water partition coefficient (Wildman–Crippen LogP) is 4.13. The van der Waals surface area contributed by atoms with Crippen LogP contribution < -0.4 is 5.56 Å². The minimum atomic E-state index is -0.657. The molecule has 1 aliphatic carbocycles. The van der Waals surface area contributed by atoms with Crippen LogP contribution in [0.5, 0.6) is 0 Å². The van der Waals surface area contributed by atoms with Crippen molar-refractivity contribution in [3.8, 4) is 11.1 Å². The van der Waals surface area contributed by atoms with Crippen LogP contribution in [0.4, 0.5) is 0 Å². The molecule has 0 bridgehead atoms. The summed E-state index contributed by atoms with van der Waals surface area (Å²) in [5, 5.41) is 2.58. The lowest BCUT2D eigenvalue weighted by Gasteiger charge is -2.17. The number of methoxy groups -OCH3 is 1. The molecule has 3 aromatic rings. The summed E-state index contributed by atoms with van der Waals surface area (Å²) in [7, 11) is 1.34. The average Bonchev–Trinajstić information content (AvgIpc) is 3.14. The van der Waals surface area contributed by atoms with Crippen LogP contribution in [-0.4, -0.2) is 22.6 Å². The highest BCUT2D eigenvalue weighted by molar-refractivity contribution is 7.17. The Hall–Kier alpha value is -2.47. The molecular weight excluding hydrogens is 360 g/mol. The summed E-state index contributed by atoms with van der Waals surface area (Å²) in [6, 6.07) is 5.84. The number of thiophene rings is 1. The third-order valence-corrected chi connectivity index (χ3v) is 6.26. The first-order valence-corrected chi connectivity index (χ1v) is 10.2. The fourth-order valence-corrected chi connectivity index (χ4v) is 4.80. The Morgan fingerprint density at radius 1 is 1.30 bits per heavy atom. The molecule has 6 heteroatoms. The topological polar surface area (TPSA) is 61.2 Å². The van der Waals surface area contributed by atoms with E-state index < -0.39 is 12.0 Å². The molecule has 0 fully saturated rings. The van der Waals surface area contributed by atoms with Crippen molar-refractivity contribution in [1.82, 2.24) is 9.55 Å². The lowest BCUT2D eigenvalue weighted by atomic mass is 9.89. The zero-order chi connectivity index (χ0) is 19.0. The van der Waals surface area contributed by atoms with Crippen molar-refractivity contribution in [3.05, 3.63) is 51.4 Å².